The molecule has 0 bridgehead atoms. The SMILES string of the molecule is Cc1cc(Cl)ccc1NC(=O)CN1C=NC2C1C(=O)N(C)C(=O)N2C. The van der Waals surface area contributed by atoms with Crippen LogP contribution in [0.4, 0.5) is 10.5 Å². The number of hydrogen-bond donors (Lipinski definition) is 1. The number of aliphatic imine (C=N–C) groups is 1. The summed E-state index contributed by atoms with van der Waals surface area (Å²) in [5.41, 5.74) is 1.49. The fourth-order valence-corrected chi connectivity index (χ4v) is 3.19. The average molecular weight is 364 g/mol. The first-order chi connectivity index (χ1) is 11.8. The molecule has 2 heterocycles. The second-order valence-electron chi connectivity index (χ2n) is 6.09. The maximum atomic E-state index is 12.4. The molecular formula is C16H18ClN5O3. The van der Waals surface area contributed by atoms with Crippen LogP contribution < -0.4 is 5.32 Å². The highest BCUT2D eigenvalue weighted by Crippen LogP contribution is 2.24. The van der Waals surface area contributed by atoms with Gasteiger partial charge in [0.05, 0.1) is 12.9 Å². The van der Waals surface area contributed by atoms with E-state index in [2.05, 4.69) is 10.3 Å². The van der Waals surface area contributed by atoms with Crippen LogP contribution in [0, 0.1) is 6.92 Å². The summed E-state index contributed by atoms with van der Waals surface area (Å²) in [4.78, 5) is 44.9. The number of carbonyl (C=O) groups excluding carboxylic acids is 3. The third-order valence-corrected chi connectivity index (χ3v) is 4.60. The number of nitrogens with one attached hydrogen (secondary N) is 1. The number of rotatable bonds is 3. The van der Waals surface area contributed by atoms with Crippen molar-refractivity contribution in [2.75, 3.05) is 26.0 Å². The molecule has 1 aromatic rings. The van der Waals surface area contributed by atoms with E-state index in [4.69, 9.17) is 11.6 Å². The topological polar surface area (TPSA) is 85.3 Å². The molecule has 8 nitrogen and oxygen atoms in total. The number of aryl methyl sites for hydroxylation is 1. The van der Waals surface area contributed by atoms with Crippen LogP contribution >= 0.6 is 11.6 Å². The smallest absolute Gasteiger partial charge is 0.328 e. The van der Waals surface area contributed by atoms with Gasteiger partial charge >= 0.3 is 6.03 Å². The zero-order chi connectivity index (χ0) is 18.3. The van der Waals surface area contributed by atoms with Gasteiger partial charge in [0, 0.05) is 24.8 Å². The fraction of sp³-hybridized carbons (Fsp3) is 0.375. The number of benzene rings is 1. The summed E-state index contributed by atoms with van der Waals surface area (Å²) in [6.07, 6.45) is 0.839. The van der Waals surface area contributed by atoms with Gasteiger partial charge in [0.2, 0.25) is 5.91 Å². The Bertz CT molecular complexity index is 781. The first kappa shape index (κ1) is 17.2. The van der Waals surface area contributed by atoms with E-state index < -0.39 is 18.2 Å². The Morgan fingerprint density at radius 3 is 2.72 bits per heavy atom. The van der Waals surface area contributed by atoms with Gasteiger partial charge in [0.25, 0.3) is 5.91 Å². The molecule has 1 aromatic carbocycles. The number of carbonyl (C=O) groups is 3. The van der Waals surface area contributed by atoms with Gasteiger partial charge in [-0.2, -0.15) is 0 Å². The van der Waals surface area contributed by atoms with E-state index in [1.165, 1.54) is 18.3 Å². The summed E-state index contributed by atoms with van der Waals surface area (Å²) in [6.45, 7) is 1.80. The Balaban J connectivity index is 1.71. The van der Waals surface area contributed by atoms with Gasteiger partial charge < -0.3 is 15.1 Å². The molecule has 1 fully saturated rings. The van der Waals surface area contributed by atoms with Crippen LogP contribution in [0.2, 0.25) is 5.02 Å². The fourth-order valence-electron chi connectivity index (χ4n) is 2.96. The number of hydrogen-bond acceptors (Lipinski definition) is 5. The molecule has 25 heavy (non-hydrogen) atoms. The van der Waals surface area contributed by atoms with Gasteiger partial charge in [0.15, 0.2) is 12.2 Å². The van der Waals surface area contributed by atoms with E-state index in [0.717, 1.165) is 10.5 Å². The van der Waals surface area contributed by atoms with E-state index in [9.17, 15) is 14.4 Å². The predicted molar refractivity (Wildman–Crippen MR) is 93.5 cm³/mol. The largest absolute Gasteiger partial charge is 0.338 e. The van der Waals surface area contributed by atoms with E-state index in [0.29, 0.717) is 10.7 Å². The van der Waals surface area contributed by atoms with Crippen molar-refractivity contribution in [1.29, 1.82) is 0 Å². The number of fused-ring (bicyclic) bond motifs is 1. The van der Waals surface area contributed by atoms with Crippen molar-refractivity contribution < 1.29 is 14.4 Å². The van der Waals surface area contributed by atoms with E-state index in [-0.39, 0.29) is 18.4 Å². The lowest BCUT2D eigenvalue weighted by atomic mass is 10.1. The van der Waals surface area contributed by atoms with Gasteiger partial charge in [-0.3, -0.25) is 14.5 Å². The monoisotopic (exact) mass is 363 g/mol. The molecular weight excluding hydrogens is 346 g/mol. The predicted octanol–water partition coefficient (Wildman–Crippen LogP) is 1.15. The molecule has 2 aliphatic heterocycles. The first-order valence-electron chi connectivity index (χ1n) is 7.69. The number of anilines is 1. The summed E-state index contributed by atoms with van der Waals surface area (Å²) < 4.78 is 0. The first-order valence-corrected chi connectivity index (χ1v) is 8.07. The zero-order valence-electron chi connectivity index (χ0n) is 14.1. The number of amides is 4. The third-order valence-electron chi connectivity index (χ3n) is 4.37. The molecule has 2 aliphatic rings. The number of nitrogens with zero attached hydrogens (tertiary/aromatic N) is 4. The maximum Gasteiger partial charge on any atom is 0.328 e. The van der Waals surface area contributed by atoms with Crippen molar-refractivity contribution in [3.63, 3.8) is 0 Å². The minimum Gasteiger partial charge on any atom is -0.338 e. The lowest BCUT2D eigenvalue weighted by Gasteiger charge is -2.39. The lowest BCUT2D eigenvalue weighted by Crippen LogP contribution is -2.64. The summed E-state index contributed by atoms with van der Waals surface area (Å²) in [5.74, 6) is -0.659. The highest BCUT2D eigenvalue weighted by molar-refractivity contribution is 6.30. The van der Waals surface area contributed by atoms with Crippen LogP contribution in [0.15, 0.2) is 23.2 Å². The molecule has 2 atom stereocenters. The highest BCUT2D eigenvalue weighted by Gasteiger charge is 2.48. The Morgan fingerprint density at radius 2 is 2.04 bits per heavy atom. The summed E-state index contributed by atoms with van der Waals surface area (Å²) in [5, 5.41) is 3.39. The van der Waals surface area contributed by atoms with Crippen LogP contribution in [-0.2, 0) is 9.59 Å². The van der Waals surface area contributed by atoms with Crippen LogP contribution in [0.25, 0.3) is 0 Å². The van der Waals surface area contributed by atoms with Crippen LogP contribution in [0.1, 0.15) is 5.56 Å². The standard InChI is InChI=1S/C16H18ClN5O3/c1-9-6-10(17)4-5-11(9)19-12(23)7-22-8-18-14-13(22)15(24)21(3)16(25)20(14)2/h4-6,8,13-14H,7H2,1-3H3,(H,19,23). The molecule has 4 amide bonds. The second-order valence-corrected chi connectivity index (χ2v) is 6.53. The number of urea groups is 1. The third kappa shape index (κ3) is 3.05. The number of imide groups is 1. The molecule has 3 rings (SSSR count). The molecule has 0 aromatic heterocycles. The van der Waals surface area contributed by atoms with Crippen molar-refractivity contribution >= 4 is 41.5 Å². The van der Waals surface area contributed by atoms with Gasteiger partial charge in [-0.05, 0) is 30.7 Å². The second kappa shape index (κ2) is 6.36. The maximum absolute atomic E-state index is 12.4. The minimum absolute atomic E-state index is 0.0473. The molecule has 1 N–H and O–H groups in total. The Morgan fingerprint density at radius 1 is 1.32 bits per heavy atom. The van der Waals surface area contributed by atoms with Crippen molar-refractivity contribution in [2.45, 2.75) is 19.1 Å². The molecule has 132 valence electrons. The summed E-state index contributed by atoms with van der Waals surface area (Å²) >= 11 is 5.91. The normalized spacial score (nSPS) is 22.5. The van der Waals surface area contributed by atoms with Gasteiger partial charge in [-0.15, -0.1) is 0 Å². The Hall–Kier alpha value is -2.61. The van der Waals surface area contributed by atoms with E-state index in [1.807, 2.05) is 6.92 Å². The van der Waals surface area contributed by atoms with Crippen LogP contribution in [-0.4, -0.2) is 71.7 Å². The molecule has 0 spiro atoms. The van der Waals surface area contributed by atoms with E-state index in [1.54, 1.807) is 30.1 Å². The highest BCUT2D eigenvalue weighted by atomic mass is 35.5. The van der Waals surface area contributed by atoms with Gasteiger partial charge in [0.1, 0.15) is 0 Å². The molecule has 1 saturated heterocycles. The molecule has 2 unspecified atom stereocenters. The van der Waals surface area contributed by atoms with Crippen molar-refractivity contribution in [1.82, 2.24) is 14.7 Å². The average Bonchev–Trinajstić information content (AvgIpc) is 2.97. The van der Waals surface area contributed by atoms with Crippen LogP contribution in [0.3, 0.4) is 0 Å². The van der Waals surface area contributed by atoms with Crippen LogP contribution in [0.5, 0.6) is 0 Å². The van der Waals surface area contributed by atoms with Gasteiger partial charge in [-0.1, -0.05) is 11.6 Å². The molecule has 0 aliphatic carbocycles. The summed E-state index contributed by atoms with van der Waals surface area (Å²) in [7, 11) is 3.01. The Kier molecular flexibility index (Phi) is 4.38. The minimum atomic E-state index is -0.690. The number of halogens is 1. The molecule has 0 saturated carbocycles. The van der Waals surface area contributed by atoms with Gasteiger partial charge in [-0.25, -0.2) is 9.79 Å². The lowest BCUT2D eigenvalue weighted by molar-refractivity contribution is -0.136. The summed E-state index contributed by atoms with van der Waals surface area (Å²) in [6, 6.07) is 4.07. The quantitative estimate of drug-likeness (QED) is 0.873. The van der Waals surface area contributed by atoms with Crippen molar-refractivity contribution in [2.24, 2.45) is 4.99 Å². The zero-order valence-corrected chi connectivity index (χ0v) is 14.8. The van der Waals surface area contributed by atoms with E-state index >= 15 is 0 Å². The Labute approximate surface area is 150 Å². The van der Waals surface area contributed by atoms with Crippen molar-refractivity contribution in [3.8, 4) is 0 Å². The van der Waals surface area contributed by atoms with Crippen molar-refractivity contribution in [3.05, 3.63) is 28.8 Å². The molecule has 0 radical (unpaired) electrons. The molecule has 9 heteroatoms. The number of likely N-dealkylation sites (N-methyl/N-ethyl adjacent to an activating group) is 2.